The predicted octanol–water partition coefficient (Wildman–Crippen LogP) is 1.11. The van der Waals surface area contributed by atoms with Gasteiger partial charge in [-0.1, -0.05) is 0 Å². The van der Waals surface area contributed by atoms with E-state index >= 15 is 0 Å². The number of rotatable bonds is 2. The summed E-state index contributed by atoms with van der Waals surface area (Å²) in [7, 11) is 1.26. The van der Waals surface area contributed by atoms with E-state index in [1.165, 1.54) is 7.05 Å². The SMILES string of the molecule is CNCC(F)C(F)(F)F. The Morgan fingerprint density at radius 2 is 1.89 bits per heavy atom. The van der Waals surface area contributed by atoms with Gasteiger partial charge < -0.3 is 5.32 Å². The lowest BCUT2D eigenvalue weighted by atomic mass is 10.4. The molecule has 0 aliphatic rings. The van der Waals surface area contributed by atoms with Crippen molar-refractivity contribution in [1.29, 1.82) is 0 Å². The van der Waals surface area contributed by atoms with Crippen LogP contribution in [0.25, 0.3) is 0 Å². The van der Waals surface area contributed by atoms with Crippen LogP contribution in [0.4, 0.5) is 17.6 Å². The molecule has 0 aromatic rings. The van der Waals surface area contributed by atoms with Crippen molar-refractivity contribution >= 4 is 0 Å². The van der Waals surface area contributed by atoms with Crippen LogP contribution in [0.3, 0.4) is 0 Å². The van der Waals surface area contributed by atoms with Crippen molar-refractivity contribution < 1.29 is 17.6 Å². The number of hydrogen-bond donors (Lipinski definition) is 1. The molecule has 0 radical (unpaired) electrons. The lowest BCUT2D eigenvalue weighted by Crippen LogP contribution is -2.33. The summed E-state index contributed by atoms with van der Waals surface area (Å²) >= 11 is 0. The zero-order chi connectivity index (χ0) is 7.49. The van der Waals surface area contributed by atoms with Crippen molar-refractivity contribution in [3.05, 3.63) is 0 Å². The molecule has 1 N–H and O–H groups in total. The van der Waals surface area contributed by atoms with Crippen molar-refractivity contribution in [1.82, 2.24) is 5.32 Å². The number of nitrogens with one attached hydrogen (secondary N) is 1. The van der Waals surface area contributed by atoms with Crippen LogP contribution in [-0.2, 0) is 0 Å². The van der Waals surface area contributed by atoms with Crippen molar-refractivity contribution in [2.75, 3.05) is 13.6 Å². The molecule has 9 heavy (non-hydrogen) atoms. The summed E-state index contributed by atoms with van der Waals surface area (Å²) < 4.78 is 45.4. The van der Waals surface area contributed by atoms with Gasteiger partial charge in [-0.15, -0.1) is 0 Å². The Bertz CT molecular complexity index is 79.1. The molecular formula is C4H7F4N. The Morgan fingerprint density at radius 1 is 1.44 bits per heavy atom. The van der Waals surface area contributed by atoms with Gasteiger partial charge in [-0.25, -0.2) is 4.39 Å². The number of alkyl halides is 4. The summed E-state index contributed by atoms with van der Waals surface area (Å²) in [6.45, 7) is -0.677. The van der Waals surface area contributed by atoms with E-state index in [0.29, 0.717) is 0 Å². The van der Waals surface area contributed by atoms with E-state index in [1.807, 2.05) is 0 Å². The Kier molecular flexibility index (Phi) is 2.90. The molecule has 0 aromatic carbocycles. The highest BCUT2D eigenvalue weighted by atomic mass is 19.4. The van der Waals surface area contributed by atoms with Crippen molar-refractivity contribution in [3.63, 3.8) is 0 Å². The molecule has 1 atom stereocenters. The zero-order valence-electron chi connectivity index (χ0n) is 4.80. The van der Waals surface area contributed by atoms with Gasteiger partial charge in [0.25, 0.3) is 0 Å². The molecule has 0 amide bonds. The normalized spacial score (nSPS) is 15.7. The molecule has 1 unspecified atom stereocenters. The highest BCUT2D eigenvalue weighted by Crippen LogP contribution is 2.21. The van der Waals surface area contributed by atoms with E-state index in [-0.39, 0.29) is 0 Å². The van der Waals surface area contributed by atoms with Crippen LogP contribution < -0.4 is 5.32 Å². The minimum absolute atomic E-state index is 0.677. The summed E-state index contributed by atoms with van der Waals surface area (Å²) in [6, 6.07) is 0. The molecule has 0 aromatic heterocycles. The maximum absolute atomic E-state index is 11.7. The monoisotopic (exact) mass is 145 g/mol. The third-order valence-electron chi connectivity index (χ3n) is 0.739. The van der Waals surface area contributed by atoms with Gasteiger partial charge in [0.2, 0.25) is 6.17 Å². The first kappa shape index (κ1) is 8.68. The van der Waals surface area contributed by atoms with Crippen molar-refractivity contribution in [2.24, 2.45) is 0 Å². The molecular weight excluding hydrogens is 138 g/mol. The number of hydrogen-bond acceptors (Lipinski definition) is 1. The van der Waals surface area contributed by atoms with Gasteiger partial charge in [0, 0.05) is 6.54 Å². The lowest BCUT2D eigenvalue weighted by molar-refractivity contribution is -0.178. The second-order valence-electron chi connectivity index (χ2n) is 1.57. The van der Waals surface area contributed by atoms with Gasteiger partial charge in [-0.2, -0.15) is 13.2 Å². The zero-order valence-corrected chi connectivity index (χ0v) is 4.80. The fourth-order valence-corrected chi connectivity index (χ4v) is 0.295. The summed E-state index contributed by atoms with van der Waals surface area (Å²) in [5.41, 5.74) is 0. The Labute approximate surface area is 50.0 Å². The van der Waals surface area contributed by atoms with E-state index in [1.54, 1.807) is 0 Å². The Hall–Kier alpha value is -0.320. The Morgan fingerprint density at radius 3 is 2.00 bits per heavy atom. The summed E-state index contributed by atoms with van der Waals surface area (Å²) in [4.78, 5) is 0. The quantitative estimate of drug-likeness (QED) is 0.574. The minimum Gasteiger partial charge on any atom is -0.317 e. The van der Waals surface area contributed by atoms with E-state index < -0.39 is 18.9 Å². The average Bonchev–Trinajstić information content (AvgIpc) is 1.64. The maximum Gasteiger partial charge on any atom is 0.420 e. The molecule has 0 saturated carbocycles. The third kappa shape index (κ3) is 3.29. The highest BCUT2D eigenvalue weighted by molar-refractivity contribution is 4.66. The standard InChI is InChI=1S/C4H7F4N/c1-9-2-3(5)4(6,7)8/h3,9H,2H2,1H3. The van der Waals surface area contributed by atoms with Crippen LogP contribution in [-0.4, -0.2) is 25.9 Å². The van der Waals surface area contributed by atoms with E-state index in [4.69, 9.17) is 0 Å². The lowest BCUT2D eigenvalue weighted by Gasteiger charge is -2.10. The number of halogens is 4. The first-order valence-corrected chi connectivity index (χ1v) is 2.34. The van der Waals surface area contributed by atoms with E-state index in [0.717, 1.165) is 0 Å². The second-order valence-corrected chi connectivity index (χ2v) is 1.57. The topological polar surface area (TPSA) is 12.0 Å². The molecule has 0 saturated heterocycles. The predicted molar refractivity (Wildman–Crippen MR) is 24.9 cm³/mol. The van der Waals surface area contributed by atoms with Crippen molar-refractivity contribution in [3.8, 4) is 0 Å². The molecule has 5 heteroatoms. The molecule has 0 rings (SSSR count). The highest BCUT2D eigenvalue weighted by Gasteiger charge is 2.39. The van der Waals surface area contributed by atoms with E-state index in [9.17, 15) is 17.6 Å². The van der Waals surface area contributed by atoms with Crippen LogP contribution >= 0.6 is 0 Å². The molecule has 56 valence electrons. The van der Waals surface area contributed by atoms with Gasteiger partial charge >= 0.3 is 6.18 Å². The van der Waals surface area contributed by atoms with Crippen LogP contribution in [0.1, 0.15) is 0 Å². The first-order chi connectivity index (χ1) is 3.98. The fraction of sp³-hybridized carbons (Fsp3) is 1.00. The fourth-order valence-electron chi connectivity index (χ4n) is 0.295. The first-order valence-electron chi connectivity index (χ1n) is 2.34. The molecule has 1 nitrogen and oxygen atoms in total. The molecule has 0 heterocycles. The third-order valence-corrected chi connectivity index (χ3v) is 0.739. The van der Waals surface area contributed by atoms with Crippen LogP contribution in [0.2, 0.25) is 0 Å². The van der Waals surface area contributed by atoms with E-state index in [2.05, 4.69) is 5.32 Å². The molecule has 0 spiro atoms. The van der Waals surface area contributed by atoms with Gasteiger partial charge in [0.05, 0.1) is 0 Å². The van der Waals surface area contributed by atoms with Gasteiger partial charge in [-0.3, -0.25) is 0 Å². The second kappa shape index (κ2) is 3.00. The Balaban J connectivity index is 3.59. The summed E-state index contributed by atoms with van der Waals surface area (Å²) in [5, 5.41) is 2.08. The minimum atomic E-state index is -4.72. The van der Waals surface area contributed by atoms with Crippen molar-refractivity contribution in [2.45, 2.75) is 12.3 Å². The average molecular weight is 145 g/mol. The van der Waals surface area contributed by atoms with Crippen LogP contribution in [0, 0.1) is 0 Å². The van der Waals surface area contributed by atoms with Gasteiger partial charge in [0.1, 0.15) is 0 Å². The summed E-state index contributed by atoms with van der Waals surface area (Å²) in [6.07, 6.45) is -7.47. The van der Waals surface area contributed by atoms with Crippen LogP contribution in [0.5, 0.6) is 0 Å². The smallest absolute Gasteiger partial charge is 0.317 e. The largest absolute Gasteiger partial charge is 0.420 e. The van der Waals surface area contributed by atoms with Crippen LogP contribution in [0.15, 0.2) is 0 Å². The molecule has 0 bridgehead atoms. The van der Waals surface area contributed by atoms with Gasteiger partial charge in [0.15, 0.2) is 0 Å². The molecule has 0 aliphatic carbocycles. The van der Waals surface area contributed by atoms with Gasteiger partial charge in [-0.05, 0) is 7.05 Å². The molecule has 0 fully saturated rings. The molecule has 0 aliphatic heterocycles. The summed E-state index contributed by atoms with van der Waals surface area (Å²) in [5.74, 6) is 0. The maximum atomic E-state index is 11.7.